The zero-order valence-electron chi connectivity index (χ0n) is 8.83. The summed E-state index contributed by atoms with van der Waals surface area (Å²) in [6, 6.07) is 10.8. The van der Waals surface area contributed by atoms with Gasteiger partial charge in [0.15, 0.2) is 5.82 Å². The van der Waals surface area contributed by atoms with E-state index in [0.717, 1.165) is 5.39 Å². The smallest absolute Gasteiger partial charge is 0.347 e. The molecule has 3 rings (SSSR count). The van der Waals surface area contributed by atoms with Gasteiger partial charge in [0.2, 0.25) is 0 Å². The lowest BCUT2D eigenvalue weighted by atomic mass is 10.2. The molecular weight excluding hydrogens is 216 g/mol. The maximum atomic E-state index is 11.8. The molecule has 4 nitrogen and oxygen atoms in total. The lowest BCUT2D eigenvalue weighted by Crippen LogP contribution is -2.04. The molecule has 0 bridgehead atoms. The van der Waals surface area contributed by atoms with Crippen LogP contribution in [0.2, 0.25) is 0 Å². The summed E-state index contributed by atoms with van der Waals surface area (Å²) in [6.07, 6.45) is 3.19. The van der Waals surface area contributed by atoms with Gasteiger partial charge < -0.3 is 4.42 Å². The van der Waals surface area contributed by atoms with Gasteiger partial charge in [-0.3, -0.25) is 0 Å². The molecule has 0 N–H and O–H groups in total. The Morgan fingerprint density at radius 1 is 1.00 bits per heavy atom. The van der Waals surface area contributed by atoms with Crippen LogP contribution in [-0.2, 0) is 0 Å². The highest BCUT2D eigenvalue weighted by Crippen LogP contribution is 2.17. The Balaban J connectivity index is 2.31. The fraction of sp³-hybridized carbons (Fsp3) is 0. The van der Waals surface area contributed by atoms with Crippen molar-refractivity contribution in [2.24, 2.45) is 0 Å². The van der Waals surface area contributed by atoms with Crippen LogP contribution < -0.4 is 5.63 Å². The molecule has 0 spiro atoms. The number of nitrogens with zero attached hydrogens (tertiary/aromatic N) is 2. The predicted octanol–water partition coefficient (Wildman–Crippen LogP) is 2.25. The normalized spacial score (nSPS) is 10.6. The van der Waals surface area contributed by atoms with Crippen molar-refractivity contribution in [3.8, 4) is 11.4 Å². The second kappa shape index (κ2) is 3.83. The Hall–Kier alpha value is -2.49. The molecule has 0 atom stereocenters. The van der Waals surface area contributed by atoms with E-state index in [4.69, 9.17) is 4.42 Å². The van der Waals surface area contributed by atoms with E-state index in [9.17, 15) is 4.79 Å². The first kappa shape index (κ1) is 9.72. The van der Waals surface area contributed by atoms with Crippen LogP contribution >= 0.6 is 0 Å². The lowest BCUT2D eigenvalue weighted by Gasteiger charge is -2.00. The molecule has 0 unspecified atom stereocenters. The molecule has 0 amide bonds. The fourth-order valence-corrected chi connectivity index (χ4v) is 1.66. The first-order chi connectivity index (χ1) is 8.34. The average molecular weight is 224 g/mol. The van der Waals surface area contributed by atoms with E-state index in [1.54, 1.807) is 30.6 Å². The summed E-state index contributed by atoms with van der Waals surface area (Å²) in [7, 11) is 0. The molecule has 0 saturated carbocycles. The molecule has 0 aliphatic rings. The Labute approximate surface area is 96.6 Å². The summed E-state index contributed by atoms with van der Waals surface area (Å²) in [4.78, 5) is 19.9. The second-order valence-electron chi connectivity index (χ2n) is 3.56. The van der Waals surface area contributed by atoms with Crippen LogP contribution in [0.15, 0.2) is 58.0 Å². The third-order valence-electron chi connectivity index (χ3n) is 2.45. The zero-order chi connectivity index (χ0) is 11.7. The van der Waals surface area contributed by atoms with Crippen LogP contribution in [-0.4, -0.2) is 9.97 Å². The van der Waals surface area contributed by atoms with Gasteiger partial charge in [-0.25, -0.2) is 14.8 Å². The van der Waals surface area contributed by atoms with Gasteiger partial charge in [-0.05, 0) is 18.2 Å². The Morgan fingerprint density at radius 2 is 1.76 bits per heavy atom. The topological polar surface area (TPSA) is 56.0 Å². The van der Waals surface area contributed by atoms with E-state index in [1.807, 2.05) is 18.2 Å². The minimum Gasteiger partial charge on any atom is -0.422 e. The van der Waals surface area contributed by atoms with Gasteiger partial charge in [-0.15, -0.1) is 0 Å². The second-order valence-corrected chi connectivity index (χ2v) is 3.56. The monoisotopic (exact) mass is 224 g/mol. The van der Waals surface area contributed by atoms with Crippen molar-refractivity contribution in [3.63, 3.8) is 0 Å². The van der Waals surface area contributed by atoms with Gasteiger partial charge in [0.1, 0.15) is 11.1 Å². The van der Waals surface area contributed by atoms with E-state index >= 15 is 0 Å². The van der Waals surface area contributed by atoms with E-state index < -0.39 is 5.63 Å². The molecule has 0 radical (unpaired) electrons. The maximum Gasteiger partial charge on any atom is 0.347 e. The van der Waals surface area contributed by atoms with E-state index in [1.165, 1.54) is 0 Å². The van der Waals surface area contributed by atoms with Gasteiger partial charge in [0, 0.05) is 17.8 Å². The van der Waals surface area contributed by atoms with Crippen molar-refractivity contribution in [2.45, 2.75) is 0 Å². The number of para-hydroxylation sites is 1. The highest BCUT2D eigenvalue weighted by atomic mass is 16.4. The quantitative estimate of drug-likeness (QED) is 0.595. The molecule has 2 heterocycles. The summed E-state index contributed by atoms with van der Waals surface area (Å²) in [5, 5.41) is 0.856. The van der Waals surface area contributed by atoms with E-state index in [-0.39, 0.29) is 0 Å². The van der Waals surface area contributed by atoms with Crippen LogP contribution in [0.3, 0.4) is 0 Å². The average Bonchev–Trinajstić information content (AvgIpc) is 2.39. The number of hydrogen-bond donors (Lipinski definition) is 0. The van der Waals surface area contributed by atoms with Crippen molar-refractivity contribution < 1.29 is 4.42 Å². The molecule has 0 aliphatic carbocycles. The molecule has 17 heavy (non-hydrogen) atoms. The lowest BCUT2D eigenvalue weighted by molar-refractivity contribution is 0.562. The Bertz CT molecular complexity index is 720. The molecule has 2 aromatic heterocycles. The van der Waals surface area contributed by atoms with Crippen molar-refractivity contribution in [1.82, 2.24) is 9.97 Å². The first-order valence-corrected chi connectivity index (χ1v) is 5.15. The molecule has 1 aromatic carbocycles. The number of benzene rings is 1. The van der Waals surface area contributed by atoms with Crippen molar-refractivity contribution >= 4 is 11.0 Å². The van der Waals surface area contributed by atoms with Crippen LogP contribution in [0.25, 0.3) is 22.4 Å². The highest BCUT2D eigenvalue weighted by molar-refractivity contribution is 5.80. The summed E-state index contributed by atoms with van der Waals surface area (Å²) in [5.41, 5.74) is 0.524. The zero-order valence-corrected chi connectivity index (χ0v) is 8.83. The first-order valence-electron chi connectivity index (χ1n) is 5.15. The largest absolute Gasteiger partial charge is 0.422 e. The third kappa shape index (κ3) is 1.69. The van der Waals surface area contributed by atoms with Gasteiger partial charge >= 0.3 is 5.63 Å². The van der Waals surface area contributed by atoms with E-state index in [2.05, 4.69) is 9.97 Å². The summed E-state index contributed by atoms with van der Waals surface area (Å²) in [5.74, 6) is 0.381. The number of aromatic nitrogens is 2. The van der Waals surface area contributed by atoms with E-state index in [0.29, 0.717) is 17.0 Å². The molecule has 82 valence electrons. The fourth-order valence-electron chi connectivity index (χ4n) is 1.66. The summed E-state index contributed by atoms with van der Waals surface area (Å²) < 4.78 is 5.21. The van der Waals surface area contributed by atoms with Gasteiger partial charge in [-0.2, -0.15) is 0 Å². The minimum absolute atomic E-state index is 0.379. The summed E-state index contributed by atoms with van der Waals surface area (Å²) >= 11 is 0. The van der Waals surface area contributed by atoms with Crippen LogP contribution in [0.4, 0.5) is 0 Å². The number of hydrogen-bond acceptors (Lipinski definition) is 4. The standard InChI is InChI=1S/C13H8N2O2/c16-13-10(12-14-6-3-7-15-12)8-9-4-1-2-5-11(9)17-13/h1-8H. The Morgan fingerprint density at radius 3 is 2.59 bits per heavy atom. The molecule has 0 saturated heterocycles. The number of rotatable bonds is 1. The third-order valence-corrected chi connectivity index (χ3v) is 2.45. The van der Waals surface area contributed by atoms with Gasteiger partial charge in [0.05, 0.1) is 0 Å². The maximum absolute atomic E-state index is 11.8. The predicted molar refractivity (Wildman–Crippen MR) is 63.5 cm³/mol. The SMILES string of the molecule is O=c1oc2ccccc2cc1-c1ncccn1. The minimum atomic E-state index is -0.421. The van der Waals surface area contributed by atoms with Crippen molar-refractivity contribution in [1.29, 1.82) is 0 Å². The summed E-state index contributed by atoms with van der Waals surface area (Å²) in [6.45, 7) is 0. The molecule has 4 heteroatoms. The molecule has 3 aromatic rings. The van der Waals surface area contributed by atoms with Crippen molar-refractivity contribution in [2.75, 3.05) is 0 Å². The van der Waals surface area contributed by atoms with Crippen LogP contribution in [0.5, 0.6) is 0 Å². The van der Waals surface area contributed by atoms with Crippen LogP contribution in [0.1, 0.15) is 0 Å². The molecule has 0 fully saturated rings. The van der Waals surface area contributed by atoms with Gasteiger partial charge in [0.25, 0.3) is 0 Å². The van der Waals surface area contributed by atoms with Crippen LogP contribution in [0, 0.1) is 0 Å². The highest BCUT2D eigenvalue weighted by Gasteiger charge is 2.08. The van der Waals surface area contributed by atoms with Crippen molar-refractivity contribution in [3.05, 3.63) is 59.2 Å². The molecule has 0 aliphatic heterocycles. The molecular formula is C13H8N2O2. The number of fused-ring (bicyclic) bond motifs is 1. The van der Waals surface area contributed by atoms with Gasteiger partial charge in [-0.1, -0.05) is 18.2 Å². The Kier molecular flexibility index (Phi) is 2.19.